The van der Waals surface area contributed by atoms with Gasteiger partial charge in [-0.2, -0.15) is 0 Å². The molecule has 2 saturated heterocycles. The minimum Gasteiger partial charge on any atom is -0.464 e. The molecule has 3 amide bonds. The van der Waals surface area contributed by atoms with Gasteiger partial charge < -0.3 is 29.0 Å². The van der Waals surface area contributed by atoms with Crippen LogP contribution in [0.4, 0.5) is 0 Å². The summed E-state index contributed by atoms with van der Waals surface area (Å²) in [6.07, 6.45) is 4.47. The van der Waals surface area contributed by atoms with Gasteiger partial charge in [-0.1, -0.05) is 40.3 Å². The monoisotopic (exact) mass is 853 g/mol. The van der Waals surface area contributed by atoms with Gasteiger partial charge in [0.15, 0.2) is 0 Å². The fraction of sp³-hybridized carbons (Fsp3) is 0.522. The Bertz CT molecular complexity index is 2280. The molecule has 2 fully saturated rings. The molecule has 7 rings (SSSR count). The number of hydrogen-bond donors (Lipinski definition) is 2. The Morgan fingerprint density at radius 1 is 1.18 bits per heavy atom. The number of benzene rings is 1. The van der Waals surface area contributed by atoms with Crippen molar-refractivity contribution in [2.45, 2.75) is 98.1 Å². The van der Waals surface area contributed by atoms with Crippen LogP contribution in [0.2, 0.25) is 0 Å². The Hall–Kier alpha value is -4.96. The van der Waals surface area contributed by atoms with E-state index in [9.17, 15) is 19.2 Å². The molecule has 326 valence electrons. The van der Waals surface area contributed by atoms with Gasteiger partial charge in [0.25, 0.3) is 5.91 Å². The summed E-state index contributed by atoms with van der Waals surface area (Å²) in [4.78, 5) is 65.8. The predicted octanol–water partition coefficient (Wildman–Crippen LogP) is 5.89. The number of rotatable bonds is 11. The van der Waals surface area contributed by atoms with Gasteiger partial charge >= 0.3 is 5.97 Å². The normalized spacial score (nSPS) is 20.8. The first-order chi connectivity index (χ1) is 29.2. The maximum Gasteiger partial charge on any atom is 0.324 e. The van der Waals surface area contributed by atoms with Gasteiger partial charge in [0.2, 0.25) is 11.8 Å². The second-order valence-electron chi connectivity index (χ2n) is 17.5. The molecule has 2 unspecified atom stereocenters. The van der Waals surface area contributed by atoms with Crippen LogP contribution in [-0.4, -0.2) is 106 Å². The molecule has 2 N–H and O–H groups in total. The van der Waals surface area contributed by atoms with E-state index in [1.807, 2.05) is 32.2 Å². The number of hydrazine groups is 1. The number of aryl methyl sites for hydroxylation is 1. The predicted molar refractivity (Wildman–Crippen MR) is 234 cm³/mol. The van der Waals surface area contributed by atoms with Crippen LogP contribution in [-0.2, 0) is 52.8 Å². The van der Waals surface area contributed by atoms with E-state index in [0.29, 0.717) is 50.4 Å². The standard InChI is InChI=1S/C46H59N7O7S/c1-9-40(54)51-22-30(23-51)59-24-34(27(3)4)43(55)49-36-20-39-48-37(25-61-39)29-15-16-38-32(19-29)33(42(52(38)10-2)31-13-11-17-47-41(31)28(5)58-8)21-46(6,7)26-60-45(57)35-14-12-18-53(50-35)44(36)56/h9,11,13,15-17,19,25,27-28,30,34-36,50H,1,10,12,14,18,20-24,26H2,2-8H3,(H,49,55)/t28?,34?,35-,36-/m0/s1. The molecule has 61 heavy (non-hydrogen) atoms. The summed E-state index contributed by atoms with van der Waals surface area (Å²) < 4.78 is 20.3. The lowest BCUT2D eigenvalue weighted by atomic mass is 9.84. The third-order valence-electron chi connectivity index (χ3n) is 12.1. The molecule has 3 aliphatic rings. The molecule has 6 bridgehead atoms. The summed E-state index contributed by atoms with van der Waals surface area (Å²) in [5, 5.41) is 8.27. The van der Waals surface area contributed by atoms with Crippen LogP contribution in [0.1, 0.15) is 76.8 Å². The van der Waals surface area contributed by atoms with Crippen LogP contribution in [0.15, 0.2) is 54.6 Å². The van der Waals surface area contributed by atoms with Crippen LogP contribution in [0.5, 0.6) is 0 Å². The van der Waals surface area contributed by atoms with Gasteiger partial charge in [0.05, 0.1) is 53.4 Å². The summed E-state index contributed by atoms with van der Waals surface area (Å²) in [6.45, 7) is 18.0. The third kappa shape index (κ3) is 9.44. The SMILES string of the molecule is C=CC(=O)N1CC(OCC(C(=O)N[C@H]2Cc3nc(cs3)-c3ccc4c(c3)c(c(-c3cccnc3C(C)OC)n4CC)CC(C)(C)COC(=O)[C@@H]3CCCN(N3)C2=O)C(C)C)C1. The Morgan fingerprint density at radius 2 is 1.97 bits per heavy atom. The lowest BCUT2D eigenvalue weighted by Crippen LogP contribution is -2.61. The molecule has 4 atom stereocenters. The van der Waals surface area contributed by atoms with Crippen LogP contribution in [0.3, 0.4) is 0 Å². The van der Waals surface area contributed by atoms with Gasteiger partial charge in [-0.05, 0) is 74.9 Å². The molecular formula is C46H59N7O7S. The number of ether oxygens (including phenoxy) is 3. The number of carbonyl (C=O) groups is 4. The van der Waals surface area contributed by atoms with Gasteiger partial charge in [-0.3, -0.25) is 29.2 Å². The van der Waals surface area contributed by atoms with E-state index >= 15 is 0 Å². The molecule has 1 aromatic carbocycles. The average Bonchev–Trinajstić information content (AvgIpc) is 3.83. The molecular weight excluding hydrogens is 795 g/mol. The topological polar surface area (TPSA) is 157 Å². The van der Waals surface area contributed by atoms with Crippen molar-refractivity contribution in [2.24, 2.45) is 17.3 Å². The van der Waals surface area contributed by atoms with Crippen LogP contribution >= 0.6 is 11.3 Å². The number of cyclic esters (lactones) is 1. The lowest BCUT2D eigenvalue weighted by molar-refractivity contribution is -0.155. The zero-order chi connectivity index (χ0) is 43.6. The summed E-state index contributed by atoms with van der Waals surface area (Å²) >= 11 is 1.44. The number of pyridine rings is 1. The molecule has 4 aromatic rings. The molecule has 0 radical (unpaired) electrons. The van der Waals surface area contributed by atoms with Crippen LogP contribution < -0.4 is 10.7 Å². The number of nitrogens with zero attached hydrogens (tertiary/aromatic N) is 5. The zero-order valence-corrected chi connectivity index (χ0v) is 37.2. The van der Waals surface area contributed by atoms with Crippen LogP contribution in [0, 0.1) is 17.3 Å². The second-order valence-corrected chi connectivity index (χ2v) is 18.5. The number of likely N-dealkylation sites (tertiary alicyclic amines) is 1. The quantitative estimate of drug-likeness (QED) is 0.138. The Kier molecular flexibility index (Phi) is 13.4. The molecule has 0 spiro atoms. The summed E-state index contributed by atoms with van der Waals surface area (Å²) in [5.41, 5.74) is 9.43. The highest BCUT2D eigenvalue weighted by molar-refractivity contribution is 7.10. The first kappa shape index (κ1) is 44.1. The van der Waals surface area contributed by atoms with Crippen molar-refractivity contribution in [3.63, 3.8) is 0 Å². The van der Waals surface area contributed by atoms with E-state index in [2.05, 4.69) is 66.9 Å². The first-order valence-electron chi connectivity index (χ1n) is 21.4. The number of aromatic nitrogens is 3. The fourth-order valence-electron chi connectivity index (χ4n) is 8.51. The van der Waals surface area contributed by atoms with Crippen molar-refractivity contribution < 1.29 is 33.4 Å². The Balaban J connectivity index is 1.25. The molecule has 0 saturated carbocycles. The van der Waals surface area contributed by atoms with Gasteiger partial charge in [0, 0.05) is 78.7 Å². The highest BCUT2D eigenvalue weighted by atomic mass is 32.1. The first-order valence-corrected chi connectivity index (χ1v) is 22.2. The number of nitrogens with one attached hydrogen (secondary N) is 2. The number of fused-ring (bicyclic) bond motifs is 6. The number of amides is 3. The van der Waals surface area contributed by atoms with Crippen molar-refractivity contribution in [2.75, 3.05) is 40.0 Å². The minimum absolute atomic E-state index is 0.0979. The summed E-state index contributed by atoms with van der Waals surface area (Å²) in [5.74, 6) is -1.91. The van der Waals surface area contributed by atoms with Crippen molar-refractivity contribution >= 4 is 45.9 Å². The van der Waals surface area contributed by atoms with Gasteiger partial charge in [0.1, 0.15) is 12.1 Å². The smallest absolute Gasteiger partial charge is 0.324 e. The van der Waals surface area contributed by atoms with Crippen molar-refractivity contribution in [3.8, 4) is 22.5 Å². The van der Waals surface area contributed by atoms with E-state index in [0.717, 1.165) is 44.7 Å². The van der Waals surface area contributed by atoms with E-state index in [-0.39, 0.29) is 55.5 Å². The van der Waals surface area contributed by atoms with Crippen molar-refractivity contribution in [1.29, 1.82) is 0 Å². The maximum absolute atomic E-state index is 14.4. The Labute approximate surface area is 362 Å². The van der Waals surface area contributed by atoms with Gasteiger partial charge in [-0.15, -0.1) is 11.3 Å². The molecule has 3 aliphatic heterocycles. The Morgan fingerprint density at radius 3 is 2.69 bits per heavy atom. The highest BCUT2D eigenvalue weighted by Gasteiger charge is 2.38. The minimum atomic E-state index is -0.976. The molecule has 15 heteroatoms. The van der Waals surface area contributed by atoms with Crippen LogP contribution in [0.25, 0.3) is 33.4 Å². The molecule has 3 aromatic heterocycles. The van der Waals surface area contributed by atoms with Crippen molar-refractivity contribution in [1.82, 2.24) is 35.2 Å². The summed E-state index contributed by atoms with van der Waals surface area (Å²) in [7, 11) is 1.69. The van der Waals surface area contributed by atoms with E-state index in [4.69, 9.17) is 24.2 Å². The third-order valence-corrected chi connectivity index (χ3v) is 13.0. The zero-order valence-electron chi connectivity index (χ0n) is 36.4. The van der Waals surface area contributed by atoms with E-state index < -0.39 is 29.4 Å². The number of esters is 1. The fourth-order valence-corrected chi connectivity index (χ4v) is 9.36. The molecule has 6 heterocycles. The number of thiazole rings is 1. The van der Waals surface area contributed by atoms with Gasteiger partial charge in [-0.25, -0.2) is 10.4 Å². The van der Waals surface area contributed by atoms with Crippen molar-refractivity contribution in [3.05, 3.63) is 70.8 Å². The average molecular weight is 854 g/mol. The number of carbonyl (C=O) groups excluding carboxylic acids is 4. The lowest BCUT2D eigenvalue weighted by Gasteiger charge is -2.39. The highest BCUT2D eigenvalue weighted by Crippen LogP contribution is 2.42. The molecule has 14 nitrogen and oxygen atoms in total. The largest absolute Gasteiger partial charge is 0.464 e. The number of methoxy groups -OCH3 is 1. The number of hydrogen-bond acceptors (Lipinski definition) is 11. The van der Waals surface area contributed by atoms with E-state index in [1.54, 1.807) is 18.2 Å². The molecule has 0 aliphatic carbocycles. The second kappa shape index (κ2) is 18.6. The van der Waals surface area contributed by atoms with E-state index in [1.165, 1.54) is 22.4 Å². The maximum atomic E-state index is 14.4. The summed E-state index contributed by atoms with van der Waals surface area (Å²) in [6, 6.07) is 8.75.